The number of amides is 1. The van der Waals surface area contributed by atoms with Gasteiger partial charge in [0.1, 0.15) is 23.5 Å². The van der Waals surface area contributed by atoms with Gasteiger partial charge in [0.15, 0.2) is 0 Å². The van der Waals surface area contributed by atoms with Crippen LogP contribution in [-0.4, -0.2) is 25.4 Å². The first kappa shape index (κ1) is 20.7. The molecule has 3 unspecified atom stereocenters. The van der Waals surface area contributed by atoms with Gasteiger partial charge in [-0.1, -0.05) is 12.5 Å². The van der Waals surface area contributed by atoms with Gasteiger partial charge in [-0.2, -0.15) is 13.2 Å². The number of imidazole rings is 1. The van der Waals surface area contributed by atoms with Crippen LogP contribution in [0, 0.1) is 25.7 Å². The first-order valence-corrected chi connectivity index (χ1v) is 10.6. The first-order chi connectivity index (χ1) is 15.2. The Morgan fingerprint density at radius 2 is 1.81 bits per heavy atom. The molecule has 0 spiro atoms. The number of pyridine rings is 2. The molecule has 1 amide bonds. The molecule has 32 heavy (non-hydrogen) atoms. The summed E-state index contributed by atoms with van der Waals surface area (Å²) in [5, 5.41) is 0. The molecule has 0 N–H and O–H groups in total. The summed E-state index contributed by atoms with van der Waals surface area (Å²) in [6, 6.07) is 7.07. The van der Waals surface area contributed by atoms with Crippen molar-refractivity contribution < 1.29 is 18.0 Å². The fourth-order valence-corrected chi connectivity index (χ4v) is 5.07. The van der Waals surface area contributed by atoms with Gasteiger partial charge in [-0.15, -0.1) is 0 Å². The normalized spacial score (nSPS) is 23.1. The van der Waals surface area contributed by atoms with Gasteiger partial charge in [-0.3, -0.25) is 14.3 Å². The molecule has 9 heteroatoms. The van der Waals surface area contributed by atoms with Crippen molar-refractivity contribution >= 4 is 11.7 Å². The number of aryl methyl sites for hydroxylation is 2. The standard InChI is InChI=1S/C23H22F3N5O/c1-13-5-3-8-18(28-13)30-10-9-27-21(30)20-16-6-4-7-17(16)22(32)31(20)19-12-15(23(24,25)26)11-14(2)29-19/h3,5,8-12,16-17,20H,4,6-7H2,1-2H3. The Morgan fingerprint density at radius 3 is 2.56 bits per heavy atom. The average Bonchev–Trinajstić information content (AvgIpc) is 3.44. The van der Waals surface area contributed by atoms with Crippen LogP contribution >= 0.6 is 0 Å². The lowest BCUT2D eigenvalue weighted by molar-refractivity contribution is -0.137. The number of hydrogen-bond acceptors (Lipinski definition) is 4. The second-order valence-corrected chi connectivity index (χ2v) is 8.50. The van der Waals surface area contributed by atoms with E-state index in [9.17, 15) is 18.0 Å². The predicted molar refractivity (Wildman–Crippen MR) is 111 cm³/mol. The van der Waals surface area contributed by atoms with Gasteiger partial charge in [-0.25, -0.2) is 15.0 Å². The van der Waals surface area contributed by atoms with E-state index < -0.39 is 17.8 Å². The third kappa shape index (κ3) is 3.36. The topological polar surface area (TPSA) is 63.9 Å². The van der Waals surface area contributed by atoms with E-state index in [0.29, 0.717) is 11.6 Å². The smallest absolute Gasteiger partial charge is 0.286 e. The van der Waals surface area contributed by atoms with Gasteiger partial charge in [0.05, 0.1) is 5.56 Å². The van der Waals surface area contributed by atoms with E-state index in [1.807, 2.05) is 29.7 Å². The number of nitrogens with zero attached hydrogens (tertiary/aromatic N) is 5. The fraction of sp³-hybridized carbons (Fsp3) is 0.391. The van der Waals surface area contributed by atoms with Crippen LogP contribution in [0.3, 0.4) is 0 Å². The van der Waals surface area contributed by atoms with E-state index in [4.69, 9.17) is 0 Å². The fourth-order valence-electron chi connectivity index (χ4n) is 5.07. The van der Waals surface area contributed by atoms with Gasteiger partial charge in [-0.05, 0) is 56.9 Å². The van der Waals surface area contributed by atoms with Crippen molar-refractivity contribution in [3.8, 4) is 5.82 Å². The Balaban J connectivity index is 1.66. The van der Waals surface area contributed by atoms with Gasteiger partial charge >= 0.3 is 6.18 Å². The van der Waals surface area contributed by atoms with Crippen molar-refractivity contribution in [1.29, 1.82) is 0 Å². The Bertz CT molecular complexity index is 1190. The molecule has 6 nitrogen and oxygen atoms in total. The van der Waals surface area contributed by atoms with E-state index in [0.717, 1.165) is 37.1 Å². The molecule has 2 aliphatic rings. The minimum atomic E-state index is -4.53. The summed E-state index contributed by atoms with van der Waals surface area (Å²) < 4.78 is 42.3. The number of fused-ring (bicyclic) bond motifs is 1. The van der Waals surface area contributed by atoms with Crippen LogP contribution in [0.1, 0.15) is 48.1 Å². The molecular weight excluding hydrogens is 419 g/mol. The molecule has 0 radical (unpaired) electrons. The quantitative estimate of drug-likeness (QED) is 0.586. The van der Waals surface area contributed by atoms with Gasteiger partial charge in [0.2, 0.25) is 5.91 Å². The van der Waals surface area contributed by atoms with E-state index in [-0.39, 0.29) is 29.3 Å². The van der Waals surface area contributed by atoms with Crippen molar-refractivity contribution in [3.05, 3.63) is 65.5 Å². The zero-order chi connectivity index (χ0) is 22.6. The highest BCUT2D eigenvalue weighted by Gasteiger charge is 2.53. The molecule has 3 aromatic rings. The third-order valence-corrected chi connectivity index (χ3v) is 6.38. The molecule has 3 aromatic heterocycles. The number of halogens is 3. The minimum absolute atomic E-state index is 0.0217. The highest BCUT2D eigenvalue weighted by Crippen LogP contribution is 2.51. The van der Waals surface area contributed by atoms with Gasteiger partial charge in [0, 0.05) is 29.7 Å². The summed E-state index contributed by atoms with van der Waals surface area (Å²) in [5.41, 5.74) is 0.227. The Hall–Kier alpha value is -3.23. The molecule has 1 saturated carbocycles. The number of anilines is 1. The molecular formula is C23H22F3N5O. The number of alkyl halides is 3. The maximum absolute atomic E-state index is 13.5. The molecule has 0 aromatic carbocycles. The maximum Gasteiger partial charge on any atom is 0.416 e. The first-order valence-electron chi connectivity index (χ1n) is 10.6. The molecule has 166 valence electrons. The lowest BCUT2D eigenvalue weighted by atomic mass is 9.93. The lowest BCUT2D eigenvalue weighted by Gasteiger charge is -2.28. The zero-order valence-electron chi connectivity index (χ0n) is 17.7. The summed E-state index contributed by atoms with van der Waals surface area (Å²) >= 11 is 0. The predicted octanol–water partition coefficient (Wildman–Crippen LogP) is 4.80. The Morgan fingerprint density at radius 1 is 1.03 bits per heavy atom. The van der Waals surface area contributed by atoms with Gasteiger partial charge < -0.3 is 0 Å². The third-order valence-electron chi connectivity index (χ3n) is 6.38. The highest BCUT2D eigenvalue weighted by molar-refractivity contribution is 5.98. The summed E-state index contributed by atoms with van der Waals surface area (Å²) in [5.74, 6) is 0.795. The lowest BCUT2D eigenvalue weighted by Crippen LogP contribution is -2.33. The van der Waals surface area contributed by atoms with Crippen molar-refractivity contribution in [2.45, 2.75) is 45.3 Å². The summed E-state index contributed by atoms with van der Waals surface area (Å²) in [6.45, 7) is 3.39. The van der Waals surface area contributed by atoms with Crippen molar-refractivity contribution in [2.24, 2.45) is 11.8 Å². The van der Waals surface area contributed by atoms with Crippen LogP contribution in [0.25, 0.3) is 5.82 Å². The second kappa shape index (κ2) is 7.43. The molecule has 1 aliphatic carbocycles. The largest absolute Gasteiger partial charge is 0.416 e. The van der Waals surface area contributed by atoms with Crippen molar-refractivity contribution in [2.75, 3.05) is 4.90 Å². The highest BCUT2D eigenvalue weighted by atomic mass is 19.4. The van der Waals surface area contributed by atoms with E-state index in [1.54, 1.807) is 12.4 Å². The van der Waals surface area contributed by atoms with E-state index in [2.05, 4.69) is 15.0 Å². The molecule has 1 saturated heterocycles. The van der Waals surface area contributed by atoms with Crippen LogP contribution in [0.5, 0.6) is 0 Å². The Kier molecular flexibility index (Phi) is 4.79. The summed E-state index contributed by atoms with van der Waals surface area (Å²) in [6.07, 6.45) is 1.31. The molecule has 2 fully saturated rings. The average molecular weight is 441 g/mol. The number of aromatic nitrogens is 4. The maximum atomic E-state index is 13.5. The van der Waals surface area contributed by atoms with E-state index in [1.165, 1.54) is 11.8 Å². The molecule has 5 rings (SSSR count). The molecule has 4 heterocycles. The van der Waals surface area contributed by atoms with Crippen LogP contribution in [-0.2, 0) is 11.0 Å². The summed E-state index contributed by atoms with van der Waals surface area (Å²) in [4.78, 5) is 28.3. The monoisotopic (exact) mass is 441 g/mol. The molecule has 0 bridgehead atoms. The number of rotatable bonds is 3. The molecule has 1 aliphatic heterocycles. The Labute approximate surface area is 183 Å². The van der Waals surface area contributed by atoms with Crippen LogP contribution in [0.15, 0.2) is 42.7 Å². The van der Waals surface area contributed by atoms with Crippen LogP contribution < -0.4 is 4.90 Å². The SMILES string of the molecule is Cc1cc(C(F)(F)F)cc(N2C(=O)C3CCCC3C2c2nccn2-c2cccc(C)n2)n1. The minimum Gasteiger partial charge on any atom is -0.286 e. The number of carbonyl (C=O) groups is 1. The zero-order valence-corrected chi connectivity index (χ0v) is 17.7. The summed E-state index contributed by atoms with van der Waals surface area (Å²) in [7, 11) is 0. The van der Waals surface area contributed by atoms with Crippen molar-refractivity contribution in [3.63, 3.8) is 0 Å². The van der Waals surface area contributed by atoms with Gasteiger partial charge in [0.25, 0.3) is 0 Å². The number of hydrogen-bond donors (Lipinski definition) is 0. The van der Waals surface area contributed by atoms with Crippen molar-refractivity contribution in [1.82, 2.24) is 19.5 Å². The van der Waals surface area contributed by atoms with Crippen LogP contribution in [0.2, 0.25) is 0 Å². The second-order valence-electron chi connectivity index (χ2n) is 8.50. The number of carbonyl (C=O) groups excluding carboxylic acids is 1. The van der Waals surface area contributed by atoms with Crippen LogP contribution in [0.4, 0.5) is 19.0 Å². The molecule has 3 atom stereocenters. The van der Waals surface area contributed by atoms with E-state index >= 15 is 0 Å².